The molecule has 0 fully saturated rings. The first kappa shape index (κ1) is 16.4. The number of halogens is 2. The third-order valence-electron chi connectivity index (χ3n) is 3.16. The van der Waals surface area contributed by atoms with Crippen molar-refractivity contribution in [2.24, 2.45) is 0 Å². The molecule has 0 saturated carbocycles. The highest BCUT2D eigenvalue weighted by Gasteiger charge is 2.24. The molecule has 7 heteroatoms. The minimum atomic E-state index is -1.12. The number of nitrogens with zero attached hydrogens (tertiary/aromatic N) is 2. The maximum atomic E-state index is 12.7. The molecule has 1 amide bonds. The van der Waals surface area contributed by atoms with Crippen molar-refractivity contribution in [1.82, 2.24) is 4.68 Å². The van der Waals surface area contributed by atoms with Gasteiger partial charge in [-0.2, -0.15) is 0 Å². The Morgan fingerprint density at radius 1 is 1.14 bits per heavy atom. The summed E-state index contributed by atoms with van der Waals surface area (Å²) in [6.07, 6.45) is 0. The number of rotatable bonds is 4. The van der Waals surface area contributed by atoms with Crippen LogP contribution in [0.5, 0.6) is 0 Å². The molecule has 1 aromatic heterocycles. The van der Waals surface area contributed by atoms with E-state index in [0.29, 0.717) is 5.02 Å². The minimum absolute atomic E-state index is 0.176. The van der Waals surface area contributed by atoms with Crippen molar-refractivity contribution in [3.05, 3.63) is 57.3 Å². The number of benzene rings is 1. The van der Waals surface area contributed by atoms with Crippen LogP contribution in [0.4, 0.5) is 0 Å². The fourth-order valence-electron chi connectivity index (χ4n) is 2.20. The minimum Gasteiger partial charge on any atom is -0.480 e. The summed E-state index contributed by atoms with van der Waals surface area (Å²) in [5.74, 6) is -1.63. The van der Waals surface area contributed by atoms with E-state index in [-0.39, 0.29) is 10.6 Å². The molecule has 2 aromatic rings. The van der Waals surface area contributed by atoms with Crippen LogP contribution >= 0.6 is 23.2 Å². The van der Waals surface area contributed by atoms with Gasteiger partial charge in [0, 0.05) is 16.4 Å². The Hall–Kier alpha value is -1.98. The first-order valence-corrected chi connectivity index (χ1v) is 7.21. The highest BCUT2D eigenvalue weighted by molar-refractivity contribution is 6.37. The first-order chi connectivity index (χ1) is 10.3. The fraction of sp³-hybridized carbons (Fsp3) is 0.200. The van der Waals surface area contributed by atoms with Crippen molar-refractivity contribution >= 4 is 35.1 Å². The van der Waals surface area contributed by atoms with Gasteiger partial charge in [-0.05, 0) is 44.2 Å². The fourth-order valence-corrected chi connectivity index (χ4v) is 2.69. The highest BCUT2D eigenvalue weighted by Crippen LogP contribution is 2.23. The molecule has 0 radical (unpaired) electrons. The normalized spacial score (nSPS) is 10.5. The SMILES string of the molecule is Cc1ccc(C)n1N(CC(=O)O)C(=O)c1ccc(Cl)cc1Cl. The first-order valence-electron chi connectivity index (χ1n) is 6.45. The van der Waals surface area contributed by atoms with Gasteiger partial charge < -0.3 is 5.11 Å². The van der Waals surface area contributed by atoms with Gasteiger partial charge in [0.1, 0.15) is 6.54 Å². The van der Waals surface area contributed by atoms with E-state index in [1.54, 1.807) is 30.7 Å². The average molecular weight is 341 g/mol. The zero-order valence-corrected chi connectivity index (χ0v) is 13.5. The summed E-state index contributed by atoms with van der Waals surface area (Å²) < 4.78 is 1.56. The largest absolute Gasteiger partial charge is 0.480 e. The van der Waals surface area contributed by atoms with Crippen molar-refractivity contribution in [3.63, 3.8) is 0 Å². The Balaban J connectivity index is 2.50. The molecule has 0 spiro atoms. The third kappa shape index (κ3) is 3.26. The van der Waals surface area contributed by atoms with E-state index in [2.05, 4.69) is 0 Å². The van der Waals surface area contributed by atoms with Gasteiger partial charge in [0.25, 0.3) is 5.91 Å². The summed E-state index contributed by atoms with van der Waals surface area (Å²) in [7, 11) is 0. The molecule has 2 rings (SSSR count). The van der Waals surface area contributed by atoms with Gasteiger partial charge in [-0.25, -0.2) is 5.01 Å². The van der Waals surface area contributed by atoms with Crippen LogP contribution in [0.25, 0.3) is 0 Å². The number of aromatic nitrogens is 1. The van der Waals surface area contributed by atoms with E-state index in [4.69, 9.17) is 28.3 Å². The summed E-state index contributed by atoms with van der Waals surface area (Å²) in [5, 5.41) is 10.8. The number of aliphatic carboxylic acids is 1. The van der Waals surface area contributed by atoms with Gasteiger partial charge >= 0.3 is 5.97 Å². The Labute approximate surface area is 137 Å². The van der Waals surface area contributed by atoms with Crippen molar-refractivity contribution < 1.29 is 14.7 Å². The van der Waals surface area contributed by atoms with E-state index in [1.807, 2.05) is 0 Å². The number of carbonyl (C=O) groups is 2. The molecule has 5 nitrogen and oxygen atoms in total. The predicted molar refractivity (Wildman–Crippen MR) is 85.4 cm³/mol. The maximum Gasteiger partial charge on any atom is 0.325 e. The molecule has 0 atom stereocenters. The van der Waals surface area contributed by atoms with Gasteiger partial charge in [-0.1, -0.05) is 23.2 Å². The van der Waals surface area contributed by atoms with Crippen LogP contribution in [0.2, 0.25) is 10.0 Å². The van der Waals surface area contributed by atoms with Crippen molar-refractivity contribution in [3.8, 4) is 0 Å². The molecule has 0 unspecified atom stereocenters. The Kier molecular flexibility index (Phi) is 4.78. The highest BCUT2D eigenvalue weighted by atomic mass is 35.5. The molecule has 22 heavy (non-hydrogen) atoms. The Morgan fingerprint density at radius 2 is 1.73 bits per heavy atom. The van der Waals surface area contributed by atoms with E-state index in [0.717, 1.165) is 16.4 Å². The molecule has 0 aliphatic heterocycles. The predicted octanol–water partition coefficient (Wildman–Crippen LogP) is 3.27. The number of hydrogen-bond donors (Lipinski definition) is 1. The van der Waals surface area contributed by atoms with Crippen LogP contribution in [0, 0.1) is 13.8 Å². The summed E-state index contributed by atoms with van der Waals surface area (Å²) in [5.41, 5.74) is 1.69. The zero-order valence-electron chi connectivity index (χ0n) is 12.0. The quantitative estimate of drug-likeness (QED) is 0.928. The van der Waals surface area contributed by atoms with Gasteiger partial charge in [0.05, 0.1) is 10.6 Å². The van der Waals surface area contributed by atoms with Gasteiger partial charge in [0.15, 0.2) is 0 Å². The number of carboxylic acid groups (broad SMARTS) is 1. The molecule has 116 valence electrons. The third-order valence-corrected chi connectivity index (χ3v) is 3.70. The Bertz CT molecular complexity index is 721. The molecule has 1 aromatic carbocycles. The number of carbonyl (C=O) groups excluding carboxylic acids is 1. The molecule has 0 aliphatic carbocycles. The van der Waals surface area contributed by atoms with E-state index >= 15 is 0 Å². The lowest BCUT2D eigenvalue weighted by atomic mass is 10.2. The molecule has 0 bridgehead atoms. The van der Waals surface area contributed by atoms with Gasteiger partial charge in [0.2, 0.25) is 0 Å². The van der Waals surface area contributed by atoms with Crippen molar-refractivity contribution in [2.75, 3.05) is 11.6 Å². The second-order valence-electron chi connectivity index (χ2n) is 4.81. The standard InChI is InChI=1S/C15H14Cl2N2O3/c1-9-3-4-10(2)19(9)18(8-14(20)21)15(22)12-6-5-11(16)7-13(12)17/h3-7H,8H2,1-2H3,(H,20,21). The van der Waals surface area contributed by atoms with Crippen molar-refractivity contribution in [2.45, 2.75) is 13.8 Å². The molecule has 0 saturated heterocycles. The summed E-state index contributed by atoms with van der Waals surface area (Å²) in [6.45, 7) is 3.10. The number of carboxylic acids is 1. The molecule has 1 heterocycles. The van der Waals surface area contributed by atoms with Crippen LogP contribution in [0.15, 0.2) is 30.3 Å². The lowest BCUT2D eigenvalue weighted by molar-refractivity contribution is -0.135. The second-order valence-corrected chi connectivity index (χ2v) is 5.65. The lowest BCUT2D eigenvalue weighted by Gasteiger charge is -2.25. The smallest absolute Gasteiger partial charge is 0.325 e. The summed E-state index contributed by atoms with van der Waals surface area (Å²) in [4.78, 5) is 23.9. The molecule has 1 N–H and O–H groups in total. The molecular weight excluding hydrogens is 327 g/mol. The number of amides is 1. The topological polar surface area (TPSA) is 62.5 Å². The average Bonchev–Trinajstić information content (AvgIpc) is 2.75. The van der Waals surface area contributed by atoms with Crippen LogP contribution in [0.1, 0.15) is 21.7 Å². The van der Waals surface area contributed by atoms with E-state index in [1.165, 1.54) is 18.2 Å². The van der Waals surface area contributed by atoms with Gasteiger partial charge in [-0.15, -0.1) is 0 Å². The van der Waals surface area contributed by atoms with Crippen molar-refractivity contribution in [1.29, 1.82) is 0 Å². The lowest BCUT2D eigenvalue weighted by Crippen LogP contribution is -2.45. The summed E-state index contributed by atoms with van der Waals surface area (Å²) in [6, 6.07) is 8.08. The molecule has 0 aliphatic rings. The molecular formula is C15H14Cl2N2O3. The van der Waals surface area contributed by atoms with E-state index in [9.17, 15) is 9.59 Å². The van der Waals surface area contributed by atoms with Crippen LogP contribution in [0.3, 0.4) is 0 Å². The summed E-state index contributed by atoms with van der Waals surface area (Å²) >= 11 is 11.9. The maximum absolute atomic E-state index is 12.7. The number of hydrogen-bond acceptors (Lipinski definition) is 2. The van der Waals surface area contributed by atoms with Crippen LogP contribution < -0.4 is 5.01 Å². The number of aryl methyl sites for hydroxylation is 2. The van der Waals surface area contributed by atoms with E-state index < -0.39 is 18.4 Å². The second kappa shape index (κ2) is 6.42. The van der Waals surface area contributed by atoms with Crippen LogP contribution in [-0.4, -0.2) is 28.2 Å². The van der Waals surface area contributed by atoms with Gasteiger partial charge in [-0.3, -0.25) is 14.3 Å². The zero-order chi connectivity index (χ0) is 16.4. The monoisotopic (exact) mass is 340 g/mol. The van der Waals surface area contributed by atoms with Crippen LogP contribution in [-0.2, 0) is 4.79 Å². The Morgan fingerprint density at radius 3 is 2.23 bits per heavy atom.